The maximum absolute atomic E-state index is 14.0. The lowest BCUT2D eigenvalue weighted by atomic mass is 9.98. The van der Waals surface area contributed by atoms with Crippen molar-refractivity contribution >= 4 is 17.9 Å². The Kier molecular flexibility index (Phi) is 9.54. The molecule has 5 unspecified atom stereocenters. The van der Waals surface area contributed by atoms with E-state index in [1.165, 1.54) is 0 Å². The van der Waals surface area contributed by atoms with E-state index in [1.54, 1.807) is 25.7 Å². The maximum Gasteiger partial charge on any atom is 0.408 e. The molecule has 1 aromatic carbocycles. The summed E-state index contributed by atoms with van der Waals surface area (Å²) in [6.45, 7) is 15.3. The molecule has 0 spiro atoms. The zero-order valence-electron chi connectivity index (χ0n) is 22.1. The van der Waals surface area contributed by atoms with Gasteiger partial charge in [0, 0.05) is 12.1 Å². The van der Waals surface area contributed by atoms with Gasteiger partial charge in [0.25, 0.3) is 0 Å². The van der Waals surface area contributed by atoms with Crippen molar-refractivity contribution in [1.82, 2.24) is 15.5 Å². The SMILES string of the molecule is CCCC(C)NC(=O)C(c1ccccc1)N(C(=O)C(NC(=O)OC(C)(C)C)C(C)C)C1CC1C. The summed E-state index contributed by atoms with van der Waals surface area (Å²) in [5.41, 5.74) is 0.0808. The van der Waals surface area contributed by atoms with Crippen molar-refractivity contribution in [2.45, 2.75) is 104 Å². The van der Waals surface area contributed by atoms with E-state index in [4.69, 9.17) is 4.74 Å². The summed E-state index contributed by atoms with van der Waals surface area (Å²) in [5.74, 6) is -0.359. The van der Waals surface area contributed by atoms with Crippen LogP contribution in [-0.2, 0) is 14.3 Å². The molecule has 3 amide bonds. The molecule has 7 heteroatoms. The van der Waals surface area contributed by atoms with Crippen LogP contribution in [0.25, 0.3) is 0 Å². The highest BCUT2D eigenvalue weighted by atomic mass is 16.6. The smallest absolute Gasteiger partial charge is 0.408 e. The molecule has 7 nitrogen and oxygen atoms in total. The average Bonchev–Trinajstić information content (AvgIpc) is 3.44. The summed E-state index contributed by atoms with van der Waals surface area (Å²) in [5, 5.41) is 5.88. The molecule has 0 aliphatic heterocycles. The monoisotopic (exact) mass is 473 g/mol. The van der Waals surface area contributed by atoms with Crippen LogP contribution >= 0.6 is 0 Å². The third-order valence-electron chi connectivity index (χ3n) is 6.04. The van der Waals surface area contributed by atoms with Crippen molar-refractivity contribution in [3.63, 3.8) is 0 Å². The van der Waals surface area contributed by atoms with E-state index >= 15 is 0 Å². The topological polar surface area (TPSA) is 87.7 Å². The fourth-order valence-corrected chi connectivity index (χ4v) is 4.18. The molecule has 1 aliphatic carbocycles. The van der Waals surface area contributed by atoms with Gasteiger partial charge in [-0.3, -0.25) is 9.59 Å². The van der Waals surface area contributed by atoms with Gasteiger partial charge in [0.1, 0.15) is 17.7 Å². The maximum atomic E-state index is 14.0. The Morgan fingerprint density at radius 3 is 2.15 bits per heavy atom. The number of amides is 3. The number of carbonyl (C=O) groups is 3. The molecule has 0 saturated heterocycles. The summed E-state index contributed by atoms with van der Waals surface area (Å²) in [6.07, 6.45) is 2.00. The van der Waals surface area contributed by atoms with Gasteiger partial charge >= 0.3 is 6.09 Å². The van der Waals surface area contributed by atoms with Crippen LogP contribution in [0.15, 0.2) is 30.3 Å². The van der Waals surface area contributed by atoms with E-state index in [0.717, 1.165) is 24.8 Å². The van der Waals surface area contributed by atoms with Gasteiger partial charge in [-0.15, -0.1) is 0 Å². The zero-order valence-corrected chi connectivity index (χ0v) is 22.1. The Bertz CT molecular complexity index is 834. The Morgan fingerprint density at radius 1 is 1.09 bits per heavy atom. The van der Waals surface area contributed by atoms with Gasteiger partial charge in [0.2, 0.25) is 11.8 Å². The third kappa shape index (κ3) is 7.74. The number of hydrogen-bond acceptors (Lipinski definition) is 4. The number of alkyl carbamates (subject to hydrolysis) is 1. The Labute approximate surface area is 205 Å². The first-order valence-electron chi connectivity index (χ1n) is 12.5. The van der Waals surface area contributed by atoms with E-state index in [0.29, 0.717) is 0 Å². The van der Waals surface area contributed by atoms with E-state index in [9.17, 15) is 14.4 Å². The Balaban J connectivity index is 2.42. The minimum Gasteiger partial charge on any atom is -0.444 e. The molecule has 0 radical (unpaired) electrons. The number of benzene rings is 1. The second kappa shape index (κ2) is 11.7. The lowest BCUT2D eigenvalue weighted by molar-refractivity contribution is -0.144. The second-order valence-corrected chi connectivity index (χ2v) is 10.9. The van der Waals surface area contributed by atoms with E-state index in [2.05, 4.69) is 24.5 Å². The first-order valence-corrected chi connectivity index (χ1v) is 12.5. The quantitative estimate of drug-likeness (QED) is 0.510. The van der Waals surface area contributed by atoms with Crippen LogP contribution < -0.4 is 10.6 Å². The highest BCUT2D eigenvalue weighted by Crippen LogP contribution is 2.41. The van der Waals surface area contributed by atoms with Crippen molar-refractivity contribution in [1.29, 1.82) is 0 Å². The number of ether oxygens (including phenoxy) is 1. The highest BCUT2D eigenvalue weighted by Gasteiger charge is 2.48. The molecule has 34 heavy (non-hydrogen) atoms. The fraction of sp³-hybridized carbons (Fsp3) is 0.667. The normalized spacial score (nSPS) is 20.1. The predicted octanol–water partition coefficient (Wildman–Crippen LogP) is 4.82. The molecule has 1 fully saturated rings. The molecule has 0 bridgehead atoms. The molecule has 190 valence electrons. The van der Waals surface area contributed by atoms with Crippen molar-refractivity contribution < 1.29 is 19.1 Å². The average molecular weight is 474 g/mol. The number of nitrogens with zero attached hydrogens (tertiary/aromatic N) is 1. The Morgan fingerprint density at radius 2 is 1.68 bits per heavy atom. The van der Waals surface area contributed by atoms with E-state index in [-0.39, 0.29) is 35.7 Å². The van der Waals surface area contributed by atoms with E-state index < -0.39 is 23.8 Å². The standard InChI is InChI=1S/C27H43N3O4/c1-9-13-19(5)28-24(31)23(20-14-11-10-12-15-20)30(21-16-18(21)4)25(32)22(17(2)3)29-26(33)34-27(6,7)8/h10-12,14-15,17-19,21-23H,9,13,16H2,1-8H3,(H,28,31)(H,29,33). The molecule has 1 saturated carbocycles. The minimum absolute atomic E-state index is 0.00178. The molecule has 0 aromatic heterocycles. The van der Waals surface area contributed by atoms with Gasteiger partial charge in [-0.05, 0) is 57.9 Å². The van der Waals surface area contributed by atoms with Crippen molar-refractivity contribution in [3.8, 4) is 0 Å². The summed E-state index contributed by atoms with van der Waals surface area (Å²) >= 11 is 0. The van der Waals surface area contributed by atoms with Gasteiger partial charge in [-0.1, -0.05) is 64.4 Å². The lowest BCUT2D eigenvalue weighted by Crippen LogP contribution is -2.56. The summed E-state index contributed by atoms with van der Waals surface area (Å²) in [4.78, 5) is 41.9. The van der Waals surface area contributed by atoms with Crippen molar-refractivity contribution in [3.05, 3.63) is 35.9 Å². The van der Waals surface area contributed by atoms with Crippen LogP contribution in [0.3, 0.4) is 0 Å². The van der Waals surface area contributed by atoms with Crippen LogP contribution in [0.4, 0.5) is 4.79 Å². The van der Waals surface area contributed by atoms with Crippen LogP contribution in [-0.4, -0.2) is 46.5 Å². The molecule has 2 N–H and O–H groups in total. The number of hydrogen-bond donors (Lipinski definition) is 2. The zero-order chi connectivity index (χ0) is 25.6. The summed E-state index contributed by atoms with van der Waals surface area (Å²) in [6, 6.07) is 7.77. The molecular weight excluding hydrogens is 430 g/mol. The molecule has 2 rings (SSSR count). The van der Waals surface area contributed by atoms with Gasteiger partial charge in [-0.2, -0.15) is 0 Å². The van der Waals surface area contributed by atoms with Gasteiger partial charge < -0.3 is 20.3 Å². The van der Waals surface area contributed by atoms with Crippen LogP contribution in [0.5, 0.6) is 0 Å². The first kappa shape index (κ1) is 27.7. The second-order valence-electron chi connectivity index (χ2n) is 10.9. The molecule has 1 aliphatic rings. The lowest BCUT2D eigenvalue weighted by Gasteiger charge is -2.36. The molecular formula is C27H43N3O4. The third-order valence-corrected chi connectivity index (χ3v) is 6.04. The summed E-state index contributed by atoms with van der Waals surface area (Å²) < 4.78 is 5.42. The summed E-state index contributed by atoms with van der Waals surface area (Å²) in [7, 11) is 0. The minimum atomic E-state index is -0.810. The first-order chi connectivity index (χ1) is 15.9. The van der Waals surface area contributed by atoms with Crippen LogP contribution in [0, 0.1) is 11.8 Å². The molecule has 0 heterocycles. The van der Waals surface area contributed by atoms with Crippen molar-refractivity contribution in [2.75, 3.05) is 0 Å². The van der Waals surface area contributed by atoms with Gasteiger partial charge in [-0.25, -0.2) is 4.79 Å². The largest absolute Gasteiger partial charge is 0.444 e. The predicted molar refractivity (Wildman–Crippen MR) is 134 cm³/mol. The van der Waals surface area contributed by atoms with Crippen molar-refractivity contribution in [2.24, 2.45) is 11.8 Å². The van der Waals surface area contributed by atoms with E-state index in [1.807, 2.05) is 51.1 Å². The number of nitrogens with one attached hydrogen (secondary N) is 2. The van der Waals surface area contributed by atoms with Gasteiger partial charge in [0.05, 0.1) is 0 Å². The molecule has 1 aromatic rings. The fourth-order valence-electron chi connectivity index (χ4n) is 4.18. The number of carbonyl (C=O) groups excluding carboxylic acids is 3. The molecule has 5 atom stereocenters. The van der Waals surface area contributed by atoms with Crippen LogP contribution in [0.1, 0.15) is 86.3 Å². The van der Waals surface area contributed by atoms with Crippen LogP contribution in [0.2, 0.25) is 0 Å². The Hall–Kier alpha value is -2.57. The van der Waals surface area contributed by atoms with Gasteiger partial charge in [0.15, 0.2) is 0 Å². The highest BCUT2D eigenvalue weighted by molar-refractivity contribution is 5.92. The number of rotatable bonds is 10.